The molecule has 5 heteroatoms. The van der Waals surface area contributed by atoms with Crippen LogP contribution in [-0.2, 0) is 4.79 Å². The molecule has 1 amide bonds. The molecule has 112 valence electrons. The van der Waals surface area contributed by atoms with E-state index in [-0.39, 0.29) is 10.7 Å². The van der Waals surface area contributed by atoms with Crippen LogP contribution in [0.2, 0.25) is 0 Å². The molecule has 1 N–H and O–H groups in total. The molecule has 0 aliphatic rings. The maximum absolute atomic E-state index is 11.9. The normalized spacial score (nSPS) is 11.4. The maximum Gasteiger partial charge on any atom is 0.234 e. The smallest absolute Gasteiger partial charge is 0.234 e. The van der Waals surface area contributed by atoms with Crippen LogP contribution in [0.3, 0.4) is 0 Å². The van der Waals surface area contributed by atoms with Crippen LogP contribution in [0.5, 0.6) is 0 Å². The highest BCUT2D eigenvalue weighted by Crippen LogP contribution is 2.24. The van der Waals surface area contributed by atoms with E-state index in [4.69, 9.17) is 0 Å². The number of hydrogen-bond donors (Lipinski definition) is 1. The second-order valence-electron chi connectivity index (χ2n) is 5.78. The van der Waals surface area contributed by atoms with Crippen molar-refractivity contribution >= 4 is 34.7 Å². The van der Waals surface area contributed by atoms with Gasteiger partial charge in [0.15, 0.2) is 0 Å². The highest BCUT2D eigenvalue weighted by atomic mass is 32.2. The molecule has 0 aliphatic heterocycles. The molecule has 0 aliphatic carbocycles. The van der Waals surface area contributed by atoms with Gasteiger partial charge in [-0.2, -0.15) is 0 Å². The predicted octanol–water partition coefficient (Wildman–Crippen LogP) is 4.59. The third-order valence-corrected chi connectivity index (χ3v) is 4.77. The van der Waals surface area contributed by atoms with Gasteiger partial charge in [-0.1, -0.05) is 32.9 Å². The van der Waals surface area contributed by atoms with Gasteiger partial charge in [-0.3, -0.25) is 4.79 Å². The first-order valence-electron chi connectivity index (χ1n) is 6.80. The van der Waals surface area contributed by atoms with Gasteiger partial charge in [0, 0.05) is 21.4 Å². The first-order valence-corrected chi connectivity index (χ1v) is 8.66. The molecule has 0 fully saturated rings. The van der Waals surface area contributed by atoms with Crippen LogP contribution in [0.15, 0.2) is 29.6 Å². The van der Waals surface area contributed by atoms with Crippen LogP contribution >= 0.6 is 23.1 Å². The van der Waals surface area contributed by atoms with Crippen molar-refractivity contribution in [3.63, 3.8) is 0 Å². The third-order valence-electron chi connectivity index (χ3n) is 2.72. The Bertz CT molecular complexity index is 612. The molecular formula is C16H20N2OS2. The van der Waals surface area contributed by atoms with Gasteiger partial charge in [0.05, 0.1) is 16.5 Å². The molecule has 2 aromatic rings. The summed E-state index contributed by atoms with van der Waals surface area (Å²) in [5, 5.41) is 6.02. The number of aryl methyl sites for hydroxylation is 1. The molecule has 2 rings (SSSR count). The Labute approximate surface area is 134 Å². The quantitative estimate of drug-likeness (QED) is 0.896. The maximum atomic E-state index is 11.9. The Morgan fingerprint density at radius 1 is 1.29 bits per heavy atom. The second-order valence-corrected chi connectivity index (χ2v) is 8.64. The molecule has 0 spiro atoms. The number of rotatable bonds is 4. The lowest BCUT2D eigenvalue weighted by molar-refractivity contribution is -0.113. The van der Waals surface area contributed by atoms with Gasteiger partial charge in [-0.25, -0.2) is 4.98 Å². The average molecular weight is 320 g/mol. The highest BCUT2D eigenvalue weighted by molar-refractivity contribution is 8.01. The summed E-state index contributed by atoms with van der Waals surface area (Å²) in [5.41, 5.74) is 2.88. The lowest BCUT2D eigenvalue weighted by atomic mass is 10.1. The van der Waals surface area contributed by atoms with Gasteiger partial charge >= 0.3 is 0 Å². The van der Waals surface area contributed by atoms with Gasteiger partial charge in [0.2, 0.25) is 5.91 Å². The van der Waals surface area contributed by atoms with Crippen molar-refractivity contribution in [2.24, 2.45) is 0 Å². The van der Waals surface area contributed by atoms with Crippen LogP contribution in [0.1, 0.15) is 25.8 Å². The summed E-state index contributed by atoms with van der Waals surface area (Å²) < 4.78 is 0.101. The van der Waals surface area contributed by atoms with Crippen molar-refractivity contribution in [2.45, 2.75) is 32.4 Å². The Kier molecular flexibility index (Phi) is 5.06. The minimum absolute atomic E-state index is 0.0344. The number of carbonyl (C=O) groups excluding carboxylic acids is 1. The van der Waals surface area contributed by atoms with Crippen molar-refractivity contribution in [2.75, 3.05) is 11.1 Å². The number of aromatic nitrogens is 1. The zero-order valence-corrected chi connectivity index (χ0v) is 14.4. The molecule has 0 unspecified atom stereocenters. The summed E-state index contributed by atoms with van der Waals surface area (Å²) in [6.45, 7) is 8.32. The van der Waals surface area contributed by atoms with Crippen LogP contribution in [0, 0.1) is 6.92 Å². The van der Waals surface area contributed by atoms with E-state index in [0.29, 0.717) is 5.75 Å². The molecule has 1 heterocycles. The number of thioether (sulfide) groups is 1. The Morgan fingerprint density at radius 2 is 1.95 bits per heavy atom. The fraction of sp³-hybridized carbons (Fsp3) is 0.375. The number of amides is 1. The lowest BCUT2D eigenvalue weighted by Crippen LogP contribution is -2.18. The van der Waals surface area contributed by atoms with E-state index >= 15 is 0 Å². The fourth-order valence-electron chi connectivity index (χ4n) is 1.70. The molecule has 0 saturated heterocycles. The van der Waals surface area contributed by atoms with Gasteiger partial charge in [-0.15, -0.1) is 23.1 Å². The first-order chi connectivity index (χ1) is 9.83. The van der Waals surface area contributed by atoms with E-state index in [1.165, 1.54) is 0 Å². The van der Waals surface area contributed by atoms with E-state index in [1.54, 1.807) is 23.1 Å². The summed E-state index contributed by atoms with van der Waals surface area (Å²) in [4.78, 5) is 16.3. The van der Waals surface area contributed by atoms with E-state index in [1.807, 2.05) is 36.6 Å². The number of nitrogens with zero attached hydrogens (tertiary/aromatic N) is 1. The molecule has 1 aromatic heterocycles. The fourth-order valence-corrected chi connectivity index (χ4v) is 2.96. The average Bonchev–Trinajstić information content (AvgIpc) is 2.83. The molecule has 3 nitrogen and oxygen atoms in total. The van der Waals surface area contributed by atoms with E-state index in [2.05, 4.69) is 31.1 Å². The summed E-state index contributed by atoms with van der Waals surface area (Å²) in [6.07, 6.45) is 0. The van der Waals surface area contributed by atoms with E-state index < -0.39 is 0 Å². The number of benzene rings is 1. The second kappa shape index (κ2) is 6.62. The first kappa shape index (κ1) is 16.0. The Balaban J connectivity index is 1.95. The van der Waals surface area contributed by atoms with Crippen LogP contribution in [0.4, 0.5) is 5.69 Å². The predicted molar refractivity (Wildman–Crippen MR) is 93.1 cm³/mol. The number of anilines is 1. The van der Waals surface area contributed by atoms with E-state index in [9.17, 15) is 4.79 Å². The zero-order valence-electron chi connectivity index (χ0n) is 12.8. The van der Waals surface area contributed by atoms with Crippen molar-refractivity contribution in [1.29, 1.82) is 0 Å². The molecule has 0 saturated carbocycles. The lowest BCUT2D eigenvalue weighted by Gasteiger charge is -2.17. The van der Waals surface area contributed by atoms with Crippen molar-refractivity contribution in [1.82, 2.24) is 4.98 Å². The number of thiazole rings is 1. The SMILES string of the molecule is Cc1nc(-c2ccc(NC(=O)CSC(C)(C)C)cc2)cs1. The third kappa shape index (κ3) is 5.17. The molecule has 0 radical (unpaired) electrons. The van der Waals surface area contributed by atoms with Gasteiger partial charge in [0.25, 0.3) is 0 Å². The summed E-state index contributed by atoms with van der Waals surface area (Å²) in [5.74, 6) is 0.503. The largest absolute Gasteiger partial charge is 0.325 e. The molecule has 1 aromatic carbocycles. The standard InChI is InChI=1S/C16H20N2OS2/c1-11-17-14(9-20-11)12-5-7-13(8-6-12)18-15(19)10-21-16(2,3)4/h5-9H,10H2,1-4H3,(H,18,19). The number of nitrogens with one attached hydrogen (secondary N) is 1. The molecular weight excluding hydrogens is 300 g/mol. The topological polar surface area (TPSA) is 42.0 Å². The molecule has 0 atom stereocenters. The van der Waals surface area contributed by atoms with Crippen molar-refractivity contribution in [3.05, 3.63) is 34.7 Å². The summed E-state index contributed by atoms with van der Waals surface area (Å²) >= 11 is 3.28. The van der Waals surface area contributed by atoms with Crippen LogP contribution in [0.25, 0.3) is 11.3 Å². The number of carbonyl (C=O) groups is 1. The summed E-state index contributed by atoms with van der Waals surface area (Å²) in [7, 11) is 0. The van der Waals surface area contributed by atoms with Gasteiger partial charge < -0.3 is 5.32 Å². The highest BCUT2D eigenvalue weighted by Gasteiger charge is 2.13. The van der Waals surface area contributed by atoms with Crippen LogP contribution in [-0.4, -0.2) is 21.4 Å². The van der Waals surface area contributed by atoms with E-state index in [0.717, 1.165) is 22.0 Å². The minimum Gasteiger partial charge on any atom is -0.325 e. The monoisotopic (exact) mass is 320 g/mol. The van der Waals surface area contributed by atoms with Gasteiger partial charge in [0.1, 0.15) is 0 Å². The zero-order chi connectivity index (χ0) is 15.5. The molecule has 0 bridgehead atoms. The summed E-state index contributed by atoms with van der Waals surface area (Å²) in [6, 6.07) is 7.81. The van der Waals surface area contributed by atoms with Crippen molar-refractivity contribution < 1.29 is 4.79 Å². The van der Waals surface area contributed by atoms with Crippen LogP contribution < -0.4 is 5.32 Å². The Morgan fingerprint density at radius 3 is 2.48 bits per heavy atom. The van der Waals surface area contributed by atoms with Gasteiger partial charge in [-0.05, 0) is 19.1 Å². The Hall–Kier alpha value is -1.33. The minimum atomic E-state index is 0.0344. The molecule has 21 heavy (non-hydrogen) atoms. The number of hydrogen-bond acceptors (Lipinski definition) is 4. The van der Waals surface area contributed by atoms with Crippen molar-refractivity contribution in [3.8, 4) is 11.3 Å².